The lowest BCUT2D eigenvalue weighted by Crippen LogP contribution is -2.10. The van der Waals surface area contributed by atoms with Gasteiger partial charge in [-0.05, 0) is 130 Å². The molecule has 224 valence electrons. The molecule has 0 saturated carbocycles. The minimum absolute atomic E-state index is 0.851. The van der Waals surface area contributed by atoms with Gasteiger partial charge in [0.1, 0.15) is 5.75 Å². The predicted octanol–water partition coefficient (Wildman–Crippen LogP) is 11.3. The van der Waals surface area contributed by atoms with Crippen molar-refractivity contribution >= 4 is 34.1 Å². The fourth-order valence-electron chi connectivity index (χ4n) is 5.62. The fraction of sp³-hybridized carbons (Fsp3) is 0.143. The Balaban J connectivity index is 1.18. The molecule has 6 aromatic rings. The normalized spacial score (nSPS) is 10.8. The maximum atomic E-state index is 5.40. The standard InChI is InChI=1S/C42H40N2O/c1-31-5-17-36(18-6-31)43(37-19-7-32(2)8-20-37)39-23-13-34(14-24-39)11-12-35-15-25-40(26-16-35)44(38-21-9-33(3)10-22-38)41-27-29-42(45-4)30-28-41/h5-10,13-30H,11-12H2,1-4H3. The van der Waals surface area contributed by atoms with E-state index >= 15 is 0 Å². The Hall–Kier alpha value is -5.28. The molecule has 6 rings (SSSR count). The lowest BCUT2D eigenvalue weighted by molar-refractivity contribution is 0.415. The molecule has 0 aliphatic rings. The van der Waals surface area contributed by atoms with Crippen LogP contribution in [0, 0.1) is 20.8 Å². The van der Waals surface area contributed by atoms with Crippen LogP contribution in [0.4, 0.5) is 34.1 Å². The molecule has 0 N–H and O–H groups in total. The maximum Gasteiger partial charge on any atom is 0.119 e. The molecule has 0 atom stereocenters. The first kappa shape index (κ1) is 29.8. The van der Waals surface area contributed by atoms with Gasteiger partial charge in [-0.15, -0.1) is 0 Å². The quantitative estimate of drug-likeness (QED) is 0.158. The summed E-state index contributed by atoms with van der Waals surface area (Å²) < 4.78 is 5.40. The first-order valence-electron chi connectivity index (χ1n) is 15.6. The van der Waals surface area contributed by atoms with E-state index in [9.17, 15) is 0 Å². The summed E-state index contributed by atoms with van der Waals surface area (Å²) in [4.78, 5) is 4.61. The zero-order valence-corrected chi connectivity index (χ0v) is 26.6. The highest BCUT2D eigenvalue weighted by atomic mass is 16.5. The van der Waals surface area contributed by atoms with E-state index in [0.29, 0.717) is 0 Å². The van der Waals surface area contributed by atoms with Gasteiger partial charge in [0.2, 0.25) is 0 Å². The van der Waals surface area contributed by atoms with E-state index in [1.807, 2.05) is 12.1 Å². The van der Waals surface area contributed by atoms with Crippen LogP contribution in [0.5, 0.6) is 5.75 Å². The summed E-state index contributed by atoms with van der Waals surface area (Å²) in [5, 5.41) is 0. The van der Waals surface area contributed by atoms with Crippen LogP contribution in [0.25, 0.3) is 0 Å². The number of hydrogen-bond acceptors (Lipinski definition) is 3. The predicted molar refractivity (Wildman–Crippen MR) is 190 cm³/mol. The average molecular weight is 589 g/mol. The van der Waals surface area contributed by atoms with Crippen molar-refractivity contribution < 1.29 is 4.74 Å². The summed E-state index contributed by atoms with van der Waals surface area (Å²) in [5.74, 6) is 0.851. The first-order chi connectivity index (χ1) is 22.0. The molecule has 0 unspecified atom stereocenters. The van der Waals surface area contributed by atoms with Crippen LogP contribution in [-0.4, -0.2) is 7.11 Å². The van der Waals surface area contributed by atoms with E-state index in [1.54, 1.807) is 7.11 Å². The molecule has 0 radical (unpaired) electrons. The maximum absolute atomic E-state index is 5.40. The van der Waals surface area contributed by atoms with Gasteiger partial charge in [-0.3, -0.25) is 0 Å². The van der Waals surface area contributed by atoms with E-state index in [2.05, 4.69) is 164 Å². The van der Waals surface area contributed by atoms with Gasteiger partial charge in [-0.25, -0.2) is 0 Å². The molecule has 3 heteroatoms. The van der Waals surface area contributed by atoms with Crippen molar-refractivity contribution in [3.63, 3.8) is 0 Å². The van der Waals surface area contributed by atoms with Crippen LogP contribution in [0.3, 0.4) is 0 Å². The molecule has 6 aromatic carbocycles. The minimum Gasteiger partial charge on any atom is -0.497 e. The molecule has 0 spiro atoms. The van der Waals surface area contributed by atoms with E-state index in [-0.39, 0.29) is 0 Å². The SMILES string of the molecule is COc1ccc(N(c2ccc(C)cc2)c2ccc(CCc3ccc(N(c4ccc(C)cc4)c4ccc(C)cc4)cc3)cc2)cc1. The Bertz CT molecular complexity index is 1760. The summed E-state index contributed by atoms with van der Waals surface area (Å²) >= 11 is 0. The topological polar surface area (TPSA) is 15.7 Å². The molecule has 0 saturated heterocycles. The Morgan fingerprint density at radius 3 is 0.867 bits per heavy atom. The molecule has 0 aromatic heterocycles. The van der Waals surface area contributed by atoms with Crippen molar-refractivity contribution in [2.45, 2.75) is 33.6 Å². The highest BCUT2D eigenvalue weighted by Gasteiger charge is 2.14. The molecule has 0 aliphatic carbocycles. The summed E-state index contributed by atoms with van der Waals surface area (Å²) in [7, 11) is 1.70. The molecule has 45 heavy (non-hydrogen) atoms. The van der Waals surface area contributed by atoms with Crippen LogP contribution in [0.2, 0.25) is 0 Å². The summed E-state index contributed by atoms with van der Waals surface area (Å²) in [6, 6.07) is 52.4. The van der Waals surface area contributed by atoms with Crippen molar-refractivity contribution in [2.24, 2.45) is 0 Å². The smallest absolute Gasteiger partial charge is 0.119 e. The van der Waals surface area contributed by atoms with Crippen LogP contribution >= 0.6 is 0 Å². The van der Waals surface area contributed by atoms with E-state index in [1.165, 1.54) is 27.8 Å². The Kier molecular flexibility index (Phi) is 8.98. The van der Waals surface area contributed by atoms with Crippen molar-refractivity contribution in [1.29, 1.82) is 0 Å². The molecular weight excluding hydrogens is 548 g/mol. The fourth-order valence-corrected chi connectivity index (χ4v) is 5.62. The summed E-state index contributed by atoms with van der Waals surface area (Å²) in [6.45, 7) is 6.38. The Morgan fingerprint density at radius 1 is 0.356 bits per heavy atom. The molecule has 0 aliphatic heterocycles. The minimum atomic E-state index is 0.851. The second-order valence-electron chi connectivity index (χ2n) is 11.7. The lowest BCUT2D eigenvalue weighted by atomic mass is 10.0. The Morgan fingerprint density at radius 2 is 0.600 bits per heavy atom. The third-order valence-corrected chi connectivity index (χ3v) is 8.30. The Labute approximate surface area is 268 Å². The van der Waals surface area contributed by atoms with E-state index in [0.717, 1.165) is 52.7 Å². The molecule has 0 fully saturated rings. The van der Waals surface area contributed by atoms with Gasteiger partial charge in [0.05, 0.1) is 7.11 Å². The van der Waals surface area contributed by atoms with Gasteiger partial charge >= 0.3 is 0 Å². The van der Waals surface area contributed by atoms with Crippen LogP contribution < -0.4 is 14.5 Å². The number of hydrogen-bond donors (Lipinski definition) is 0. The second-order valence-corrected chi connectivity index (χ2v) is 11.7. The van der Waals surface area contributed by atoms with Crippen molar-refractivity contribution in [2.75, 3.05) is 16.9 Å². The van der Waals surface area contributed by atoms with E-state index < -0.39 is 0 Å². The van der Waals surface area contributed by atoms with Crippen LogP contribution in [-0.2, 0) is 12.8 Å². The number of anilines is 6. The number of benzene rings is 6. The van der Waals surface area contributed by atoms with Gasteiger partial charge in [-0.2, -0.15) is 0 Å². The average Bonchev–Trinajstić information content (AvgIpc) is 3.08. The van der Waals surface area contributed by atoms with Crippen molar-refractivity contribution in [3.05, 3.63) is 173 Å². The largest absolute Gasteiger partial charge is 0.497 e. The number of aryl methyl sites for hydroxylation is 5. The summed E-state index contributed by atoms with van der Waals surface area (Å²) in [6.07, 6.45) is 1.96. The zero-order chi connectivity index (χ0) is 31.2. The highest BCUT2D eigenvalue weighted by molar-refractivity contribution is 5.78. The monoisotopic (exact) mass is 588 g/mol. The number of ether oxygens (including phenoxy) is 1. The first-order valence-corrected chi connectivity index (χ1v) is 15.6. The van der Waals surface area contributed by atoms with Crippen molar-refractivity contribution in [1.82, 2.24) is 0 Å². The third kappa shape index (κ3) is 7.11. The number of rotatable bonds is 10. The molecule has 0 heterocycles. The van der Waals surface area contributed by atoms with Gasteiger partial charge in [0.25, 0.3) is 0 Å². The van der Waals surface area contributed by atoms with Gasteiger partial charge in [-0.1, -0.05) is 77.4 Å². The molecular formula is C42H40N2O. The highest BCUT2D eigenvalue weighted by Crippen LogP contribution is 2.37. The summed E-state index contributed by atoms with van der Waals surface area (Å²) in [5.41, 5.74) is 13.2. The van der Waals surface area contributed by atoms with Crippen LogP contribution in [0.1, 0.15) is 27.8 Å². The third-order valence-electron chi connectivity index (χ3n) is 8.30. The number of nitrogens with zero attached hydrogens (tertiary/aromatic N) is 2. The zero-order valence-electron chi connectivity index (χ0n) is 26.6. The molecule has 0 amide bonds. The molecule has 0 bridgehead atoms. The van der Waals surface area contributed by atoms with Gasteiger partial charge in [0, 0.05) is 34.1 Å². The second kappa shape index (κ2) is 13.6. The number of methoxy groups -OCH3 is 1. The van der Waals surface area contributed by atoms with Crippen molar-refractivity contribution in [3.8, 4) is 5.75 Å². The van der Waals surface area contributed by atoms with Gasteiger partial charge in [0.15, 0.2) is 0 Å². The molecule has 3 nitrogen and oxygen atoms in total. The van der Waals surface area contributed by atoms with Gasteiger partial charge < -0.3 is 14.5 Å². The van der Waals surface area contributed by atoms with Crippen LogP contribution in [0.15, 0.2) is 146 Å². The lowest BCUT2D eigenvalue weighted by Gasteiger charge is -2.26. The van der Waals surface area contributed by atoms with E-state index in [4.69, 9.17) is 4.74 Å².